The molecule has 0 saturated heterocycles. The van der Waals surface area contributed by atoms with Crippen LogP contribution in [0.15, 0.2) is 57.9 Å². The number of aromatic nitrogens is 2. The lowest BCUT2D eigenvalue weighted by atomic mass is 9.99. The van der Waals surface area contributed by atoms with Crippen molar-refractivity contribution in [1.29, 1.82) is 0 Å². The van der Waals surface area contributed by atoms with E-state index in [1.807, 2.05) is 19.1 Å². The molecule has 1 saturated carbocycles. The Morgan fingerprint density at radius 2 is 1.68 bits per heavy atom. The monoisotopic (exact) mass is 398 g/mol. The number of rotatable bonds is 5. The summed E-state index contributed by atoms with van der Waals surface area (Å²) in [6, 6.07) is 13.5. The Hall–Kier alpha value is -2.71. The summed E-state index contributed by atoms with van der Waals surface area (Å²) in [6.07, 6.45) is 3.80. The summed E-state index contributed by atoms with van der Waals surface area (Å²) in [7, 11) is -3.68. The Kier molecular flexibility index (Phi) is 4.68. The highest BCUT2D eigenvalue weighted by Crippen LogP contribution is 2.35. The van der Waals surface area contributed by atoms with Gasteiger partial charge in [0.2, 0.25) is 0 Å². The molecular weight excluding hydrogens is 376 g/mol. The Bertz CT molecular complexity index is 1070. The summed E-state index contributed by atoms with van der Waals surface area (Å²) in [5.74, 6) is 0.847. The van der Waals surface area contributed by atoms with Gasteiger partial charge < -0.3 is 10.3 Å². The first-order valence-electron chi connectivity index (χ1n) is 9.19. The van der Waals surface area contributed by atoms with Crippen molar-refractivity contribution in [3.05, 3.63) is 59.9 Å². The molecule has 3 N–H and O–H groups in total. The van der Waals surface area contributed by atoms with E-state index in [1.54, 1.807) is 24.3 Å². The zero-order chi connectivity index (χ0) is 19.8. The topological polar surface area (TPSA) is 111 Å². The zero-order valence-electron chi connectivity index (χ0n) is 15.6. The van der Waals surface area contributed by atoms with Crippen molar-refractivity contribution in [3.8, 4) is 11.5 Å². The van der Waals surface area contributed by atoms with Crippen molar-refractivity contribution in [3.63, 3.8) is 0 Å². The third kappa shape index (κ3) is 3.65. The molecule has 28 heavy (non-hydrogen) atoms. The molecule has 2 aromatic carbocycles. The van der Waals surface area contributed by atoms with Crippen molar-refractivity contribution in [2.75, 3.05) is 4.72 Å². The molecular formula is C20H22N4O3S. The second-order valence-corrected chi connectivity index (χ2v) is 8.96. The van der Waals surface area contributed by atoms with E-state index in [0.717, 1.165) is 31.2 Å². The average molecular weight is 398 g/mol. The van der Waals surface area contributed by atoms with Crippen molar-refractivity contribution >= 4 is 15.7 Å². The highest BCUT2D eigenvalue weighted by atomic mass is 32.2. The maximum absolute atomic E-state index is 12.6. The number of nitrogens with one attached hydrogen (secondary N) is 1. The van der Waals surface area contributed by atoms with Crippen LogP contribution in [-0.2, 0) is 15.6 Å². The number of sulfonamides is 1. The predicted molar refractivity (Wildman–Crippen MR) is 106 cm³/mol. The van der Waals surface area contributed by atoms with Crippen LogP contribution in [0.2, 0.25) is 0 Å². The molecule has 0 atom stereocenters. The van der Waals surface area contributed by atoms with Gasteiger partial charge in [0.15, 0.2) is 5.82 Å². The fourth-order valence-electron chi connectivity index (χ4n) is 3.38. The molecule has 4 rings (SSSR count). The van der Waals surface area contributed by atoms with Crippen molar-refractivity contribution in [2.24, 2.45) is 5.73 Å². The van der Waals surface area contributed by atoms with Crippen molar-refractivity contribution < 1.29 is 12.9 Å². The first kappa shape index (κ1) is 18.6. The van der Waals surface area contributed by atoms with Gasteiger partial charge in [0.05, 0.1) is 10.4 Å². The Morgan fingerprint density at radius 1 is 1.04 bits per heavy atom. The smallest absolute Gasteiger partial charge is 0.261 e. The second kappa shape index (κ2) is 7.03. The largest absolute Gasteiger partial charge is 0.334 e. The van der Waals surface area contributed by atoms with Crippen LogP contribution in [0.4, 0.5) is 5.69 Å². The molecule has 7 nitrogen and oxygen atoms in total. The van der Waals surface area contributed by atoms with Crippen LogP contribution < -0.4 is 10.5 Å². The Morgan fingerprint density at radius 3 is 2.32 bits per heavy atom. The quantitative estimate of drug-likeness (QED) is 0.680. The van der Waals surface area contributed by atoms with Crippen LogP contribution in [0.1, 0.15) is 37.1 Å². The van der Waals surface area contributed by atoms with E-state index in [1.165, 1.54) is 12.1 Å². The van der Waals surface area contributed by atoms with E-state index in [-0.39, 0.29) is 4.90 Å². The van der Waals surface area contributed by atoms with E-state index in [2.05, 4.69) is 14.9 Å². The molecule has 1 aliphatic carbocycles. The van der Waals surface area contributed by atoms with Crippen LogP contribution in [0.5, 0.6) is 0 Å². The number of nitrogens with two attached hydrogens (primary N) is 1. The molecule has 0 amide bonds. The number of benzene rings is 2. The molecule has 0 unspecified atom stereocenters. The highest BCUT2D eigenvalue weighted by molar-refractivity contribution is 7.92. The molecule has 3 aromatic rings. The summed E-state index contributed by atoms with van der Waals surface area (Å²) in [5, 5.41) is 4.04. The molecule has 1 heterocycles. The molecule has 1 aliphatic rings. The van der Waals surface area contributed by atoms with Gasteiger partial charge in [0.25, 0.3) is 15.9 Å². The van der Waals surface area contributed by atoms with Gasteiger partial charge in [0.1, 0.15) is 0 Å². The SMILES string of the molecule is Cc1ccc(NS(=O)(=O)c2ccc(-c3nc(C4(N)CCCC4)no3)cc2)cc1. The Labute approximate surface area is 164 Å². The van der Waals surface area contributed by atoms with Crippen LogP contribution in [0.25, 0.3) is 11.5 Å². The molecule has 8 heteroatoms. The molecule has 1 aromatic heterocycles. The van der Waals surface area contributed by atoms with Crippen LogP contribution in [0.3, 0.4) is 0 Å². The lowest BCUT2D eigenvalue weighted by Crippen LogP contribution is -2.34. The van der Waals surface area contributed by atoms with Crippen LogP contribution in [0, 0.1) is 6.92 Å². The van der Waals surface area contributed by atoms with Gasteiger partial charge in [-0.2, -0.15) is 4.98 Å². The van der Waals surface area contributed by atoms with Crippen LogP contribution >= 0.6 is 0 Å². The maximum atomic E-state index is 12.6. The average Bonchev–Trinajstić information content (AvgIpc) is 3.34. The molecule has 0 bridgehead atoms. The minimum Gasteiger partial charge on any atom is -0.334 e. The first-order valence-corrected chi connectivity index (χ1v) is 10.7. The summed E-state index contributed by atoms with van der Waals surface area (Å²) in [6.45, 7) is 1.94. The minimum atomic E-state index is -3.68. The maximum Gasteiger partial charge on any atom is 0.261 e. The highest BCUT2D eigenvalue weighted by Gasteiger charge is 2.36. The van der Waals surface area contributed by atoms with E-state index >= 15 is 0 Å². The molecule has 0 radical (unpaired) electrons. The number of anilines is 1. The summed E-state index contributed by atoms with van der Waals surface area (Å²) in [5.41, 5.74) is 8.06. The van der Waals surface area contributed by atoms with Crippen LogP contribution in [-0.4, -0.2) is 18.6 Å². The fraction of sp³-hybridized carbons (Fsp3) is 0.300. The number of hydrogen-bond acceptors (Lipinski definition) is 6. The first-order chi connectivity index (χ1) is 13.4. The van der Waals surface area contributed by atoms with Gasteiger partial charge in [0, 0.05) is 11.3 Å². The second-order valence-electron chi connectivity index (χ2n) is 7.28. The van der Waals surface area contributed by atoms with Gasteiger partial charge in [-0.1, -0.05) is 35.7 Å². The summed E-state index contributed by atoms with van der Waals surface area (Å²) in [4.78, 5) is 4.59. The molecule has 146 valence electrons. The van der Waals surface area contributed by atoms with E-state index in [4.69, 9.17) is 10.3 Å². The standard InChI is InChI=1S/C20H22N4O3S/c1-14-4-8-16(9-5-14)24-28(25,26)17-10-6-15(7-11-17)18-22-19(23-27-18)20(21)12-2-3-13-20/h4-11,24H,2-3,12-13,21H2,1H3. The van der Waals surface area contributed by atoms with E-state index < -0.39 is 15.6 Å². The lowest BCUT2D eigenvalue weighted by molar-refractivity contribution is 0.372. The molecule has 0 spiro atoms. The summed E-state index contributed by atoms with van der Waals surface area (Å²) < 4.78 is 33.1. The predicted octanol–water partition coefficient (Wildman–Crippen LogP) is 3.57. The third-order valence-corrected chi connectivity index (χ3v) is 6.48. The normalized spacial score (nSPS) is 16.2. The van der Waals surface area contributed by atoms with Gasteiger partial charge in [-0.15, -0.1) is 0 Å². The van der Waals surface area contributed by atoms with Gasteiger partial charge in [-0.25, -0.2) is 8.42 Å². The zero-order valence-corrected chi connectivity index (χ0v) is 16.4. The molecule has 1 fully saturated rings. The number of hydrogen-bond donors (Lipinski definition) is 2. The van der Waals surface area contributed by atoms with Gasteiger partial charge in [-0.05, 0) is 56.2 Å². The van der Waals surface area contributed by atoms with Crippen molar-refractivity contribution in [2.45, 2.75) is 43.0 Å². The van der Waals surface area contributed by atoms with Gasteiger partial charge in [-0.3, -0.25) is 4.72 Å². The summed E-state index contributed by atoms with van der Waals surface area (Å²) >= 11 is 0. The van der Waals surface area contributed by atoms with Crippen molar-refractivity contribution in [1.82, 2.24) is 10.1 Å². The number of aryl methyl sites for hydroxylation is 1. The Balaban J connectivity index is 1.54. The van der Waals surface area contributed by atoms with E-state index in [9.17, 15) is 8.42 Å². The number of nitrogens with zero attached hydrogens (tertiary/aromatic N) is 2. The third-order valence-electron chi connectivity index (χ3n) is 5.08. The van der Waals surface area contributed by atoms with E-state index in [0.29, 0.717) is 23.0 Å². The fourth-order valence-corrected chi connectivity index (χ4v) is 4.44. The van der Waals surface area contributed by atoms with Gasteiger partial charge >= 0.3 is 0 Å². The molecule has 0 aliphatic heterocycles. The minimum absolute atomic E-state index is 0.155. The lowest BCUT2D eigenvalue weighted by Gasteiger charge is -2.17.